The number of carbonyl (C=O) groups excluding carboxylic acids is 1. The van der Waals surface area contributed by atoms with Crippen molar-refractivity contribution in [3.8, 4) is 34.1 Å². The van der Waals surface area contributed by atoms with Crippen molar-refractivity contribution in [2.45, 2.75) is 25.7 Å². The summed E-state index contributed by atoms with van der Waals surface area (Å²) in [6, 6.07) is 5.35. The van der Waals surface area contributed by atoms with Gasteiger partial charge in [0, 0.05) is 16.5 Å². The molecule has 0 heterocycles. The Labute approximate surface area is 167 Å². The minimum atomic E-state index is -2.84. The summed E-state index contributed by atoms with van der Waals surface area (Å²) in [5.41, 5.74) is 1.62. The number of hydrogen-bond acceptors (Lipinski definition) is 6. The van der Waals surface area contributed by atoms with E-state index in [1.54, 1.807) is 12.1 Å². The molecule has 7 nitrogen and oxygen atoms in total. The van der Waals surface area contributed by atoms with E-state index in [0.717, 1.165) is 0 Å². The van der Waals surface area contributed by atoms with Crippen molar-refractivity contribution >= 4 is 5.91 Å². The van der Waals surface area contributed by atoms with E-state index in [1.807, 2.05) is 0 Å². The van der Waals surface area contributed by atoms with Gasteiger partial charge in [0.25, 0.3) is 0 Å². The molecule has 2 aromatic carbocycles. The van der Waals surface area contributed by atoms with Gasteiger partial charge >= 0.3 is 0 Å². The molecule has 0 aromatic heterocycles. The van der Waals surface area contributed by atoms with Crippen LogP contribution in [0.1, 0.15) is 34.6 Å². The van der Waals surface area contributed by atoms with Crippen molar-refractivity contribution < 1.29 is 28.2 Å². The Balaban J connectivity index is 2.31. The predicted molar refractivity (Wildman–Crippen MR) is 104 cm³/mol. The number of carbonyl (C=O) groups is 1. The molecule has 1 unspecified atom stereocenters. The van der Waals surface area contributed by atoms with Crippen LogP contribution in [0.25, 0.3) is 11.1 Å². The maximum Gasteiger partial charge on any atom is 0.220 e. The number of nitrogens with one attached hydrogen (secondary N) is 1. The van der Waals surface area contributed by atoms with Gasteiger partial charge in [0.2, 0.25) is 17.1 Å². The quantitative estimate of drug-likeness (QED) is 0.836. The number of hydrogen-bond donors (Lipinski definition) is 2. The smallest absolute Gasteiger partial charge is 0.220 e. The highest BCUT2D eigenvalue weighted by Gasteiger charge is 2.28. The lowest BCUT2D eigenvalue weighted by Crippen LogP contribution is -2.26. The van der Waals surface area contributed by atoms with Crippen LogP contribution in [0.15, 0.2) is 29.1 Å². The van der Waals surface area contributed by atoms with E-state index in [4.69, 9.17) is 18.3 Å². The van der Waals surface area contributed by atoms with Crippen molar-refractivity contribution in [1.29, 1.82) is 0 Å². The topological polar surface area (TPSA) is 94.1 Å². The van der Waals surface area contributed by atoms with E-state index in [-0.39, 0.29) is 35.8 Å². The van der Waals surface area contributed by atoms with E-state index in [1.165, 1.54) is 33.5 Å². The van der Waals surface area contributed by atoms with E-state index in [9.17, 15) is 14.7 Å². The van der Waals surface area contributed by atoms with E-state index in [0.29, 0.717) is 22.3 Å². The predicted octanol–water partition coefficient (Wildman–Crippen LogP) is 2.57. The summed E-state index contributed by atoms with van der Waals surface area (Å²) in [6.45, 7) is -2.84. The summed E-state index contributed by atoms with van der Waals surface area (Å²) >= 11 is 0. The fourth-order valence-corrected chi connectivity index (χ4v) is 3.59. The van der Waals surface area contributed by atoms with Crippen LogP contribution in [0.2, 0.25) is 0 Å². The molecular weight excluding hydrogens is 362 g/mol. The summed E-state index contributed by atoms with van der Waals surface area (Å²) in [5.74, 6) is -0.711. The summed E-state index contributed by atoms with van der Waals surface area (Å²) in [7, 11) is 4.20. The number of phenolic OH excluding ortho intramolecular Hbond substituents is 1. The highest BCUT2D eigenvalue weighted by Crippen LogP contribution is 2.48. The molecule has 1 aliphatic carbocycles. The summed E-state index contributed by atoms with van der Waals surface area (Å²) in [4.78, 5) is 24.8. The molecule has 148 valence electrons. The molecule has 3 rings (SSSR count). The van der Waals surface area contributed by atoms with Gasteiger partial charge in [-0.25, -0.2) is 0 Å². The highest BCUT2D eigenvalue weighted by molar-refractivity contribution is 5.80. The third kappa shape index (κ3) is 3.35. The first-order chi connectivity index (χ1) is 14.6. The zero-order valence-electron chi connectivity index (χ0n) is 18.8. The Kier molecular flexibility index (Phi) is 4.40. The largest absolute Gasteiger partial charge is 0.504 e. The van der Waals surface area contributed by atoms with Gasteiger partial charge < -0.3 is 24.6 Å². The molecule has 1 amide bonds. The van der Waals surface area contributed by atoms with Crippen molar-refractivity contribution in [2.24, 2.45) is 0 Å². The number of phenols is 1. The lowest BCUT2D eigenvalue weighted by atomic mass is 9.96. The second-order valence-corrected chi connectivity index (χ2v) is 6.33. The van der Waals surface area contributed by atoms with Gasteiger partial charge in [-0.2, -0.15) is 0 Å². The van der Waals surface area contributed by atoms with Gasteiger partial charge in [0.05, 0.1) is 27.4 Å². The molecule has 0 bridgehead atoms. The average Bonchev–Trinajstić information content (AvgIpc) is 2.96. The number of methoxy groups -OCH3 is 3. The third-order valence-electron chi connectivity index (χ3n) is 4.86. The molecule has 0 radical (unpaired) electrons. The van der Waals surface area contributed by atoms with Crippen molar-refractivity contribution in [3.05, 3.63) is 45.6 Å². The lowest BCUT2D eigenvalue weighted by molar-refractivity contribution is -0.119. The van der Waals surface area contributed by atoms with E-state index in [2.05, 4.69) is 5.32 Å². The Morgan fingerprint density at radius 3 is 2.54 bits per heavy atom. The van der Waals surface area contributed by atoms with Crippen molar-refractivity contribution in [2.75, 3.05) is 21.3 Å². The normalized spacial score (nSPS) is 17.0. The first kappa shape index (κ1) is 15.8. The number of fused-ring (bicyclic) bond motifs is 3. The minimum Gasteiger partial charge on any atom is -0.504 e. The first-order valence-electron chi connectivity index (χ1n) is 10.1. The molecular formula is C21H23NO6. The van der Waals surface area contributed by atoms with Crippen LogP contribution in [0, 0.1) is 0 Å². The van der Waals surface area contributed by atoms with Crippen LogP contribution >= 0.6 is 0 Å². The monoisotopic (exact) mass is 388 g/mol. The second-order valence-electron chi connectivity index (χ2n) is 6.33. The molecule has 0 spiro atoms. The third-order valence-corrected chi connectivity index (χ3v) is 4.86. The van der Waals surface area contributed by atoms with Crippen LogP contribution in [-0.2, 0) is 11.2 Å². The van der Waals surface area contributed by atoms with Crippen LogP contribution in [-0.4, -0.2) is 32.3 Å². The van der Waals surface area contributed by atoms with Crippen molar-refractivity contribution in [3.63, 3.8) is 0 Å². The first-order valence-corrected chi connectivity index (χ1v) is 8.62. The van der Waals surface area contributed by atoms with Gasteiger partial charge in [0.1, 0.15) is 0 Å². The summed E-state index contributed by atoms with van der Waals surface area (Å²) in [6.07, 6.45) is 0.536. The van der Waals surface area contributed by atoms with E-state index >= 15 is 0 Å². The van der Waals surface area contributed by atoms with Gasteiger partial charge in [-0.15, -0.1) is 0 Å². The van der Waals surface area contributed by atoms with E-state index < -0.39 is 24.2 Å². The van der Waals surface area contributed by atoms with Gasteiger partial charge in [-0.3, -0.25) is 9.59 Å². The Morgan fingerprint density at radius 2 is 1.89 bits per heavy atom. The summed E-state index contributed by atoms with van der Waals surface area (Å²) in [5, 5.41) is 13.4. The zero-order valence-corrected chi connectivity index (χ0v) is 15.8. The number of amides is 1. The van der Waals surface area contributed by atoms with Crippen LogP contribution < -0.4 is 25.0 Å². The van der Waals surface area contributed by atoms with Gasteiger partial charge in [-0.05, 0) is 47.7 Å². The number of aromatic hydroxyl groups is 1. The number of rotatable bonds is 4. The molecule has 1 atom stereocenters. The average molecular weight is 388 g/mol. The van der Waals surface area contributed by atoms with Crippen LogP contribution in [0.5, 0.6) is 23.0 Å². The molecule has 2 aromatic rings. The number of ether oxygens (including phenoxy) is 3. The zero-order chi connectivity index (χ0) is 22.9. The van der Waals surface area contributed by atoms with Crippen LogP contribution in [0.4, 0.5) is 0 Å². The standard InChI is InChI=1S/C21H23NO6/c1-11(23)22-16-7-5-13-14(10-19(27-3)21(28-4)20(13)25)12-6-8-18(26-2)17(24)9-15(12)16/h6,8-10,16,25H,5,7H2,1-4H3,(H,22,23)/i1D3. The molecule has 0 fully saturated rings. The highest BCUT2D eigenvalue weighted by atomic mass is 16.5. The molecule has 2 N–H and O–H groups in total. The Hall–Kier alpha value is -3.22. The van der Waals surface area contributed by atoms with Gasteiger partial charge in [0.15, 0.2) is 17.2 Å². The molecule has 1 aliphatic rings. The minimum absolute atomic E-state index is 0.0835. The molecule has 0 saturated heterocycles. The maximum atomic E-state index is 12.6. The Bertz CT molecular complexity index is 1080. The molecule has 0 aliphatic heterocycles. The van der Waals surface area contributed by atoms with Crippen LogP contribution in [0.3, 0.4) is 0 Å². The molecule has 0 saturated carbocycles. The SMILES string of the molecule is [2H]C([2H])([2H])C(=O)NC1CCc2c(cc(OC)c(OC)c2O)-c2ccc(OC)c(=O)cc21. The fraction of sp³-hybridized carbons (Fsp3) is 0.333. The fourth-order valence-electron chi connectivity index (χ4n) is 3.59. The lowest BCUT2D eigenvalue weighted by Gasteiger charge is -2.17. The Morgan fingerprint density at radius 1 is 1.14 bits per heavy atom. The maximum absolute atomic E-state index is 12.6. The second kappa shape index (κ2) is 7.80. The van der Waals surface area contributed by atoms with Crippen molar-refractivity contribution in [1.82, 2.24) is 5.32 Å². The molecule has 28 heavy (non-hydrogen) atoms. The number of benzene rings is 1. The van der Waals surface area contributed by atoms with Gasteiger partial charge in [-0.1, -0.05) is 6.07 Å². The molecule has 7 heteroatoms. The summed E-state index contributed by atoms with van der Waals surface area (Å²) < 4.78 is 37.9.